The molecule has 2 nitrogen and oxygen atoms in total. The Morgan fingerprint density at radius 2 is 2.07 bits per heavy atom. The summed E-state index contributed by atoms with van der Waals surface area (Å²) < 4.78 is 5.73. The van der Waals surface area contributed by atoms with E-state index in [0.717, 1.165) is 5.56 Å². The fraction of sp³-hybridized carbons (Fsp3) is 0.500. The van der Waals surface area contributed by atoms with E-state index in [4.69, 9.17) is 4.74 Å². The van der Waals surface area contributed by atoms with Crippen molar-refractivity contribution >= 4 is 0 Å². The van der Waals surface area contributed by atoms with Crippen LogP contribution in [0.3, 0.4) is 0 Å². The Morgan fingerprint density at radius 3 is 2.71 bits per heavy atom. The highest BCUT2D eigenvalue weighted by Gasteiger charge is 2.33. The molecule has 0 aliphatic carbocycles. The molecule has 14 heavy (non-hydrogen) atoms. The van der Waals surface area contributed by atoms with Crippen LogP contribution in [-0.4, -0.2) is 5.11 Å². The summed E-state index contributed by atoms with van der Waals surface area (Å²) in [6.45, 7) is 7.11. The van der Waals surface area contributed by atoms with Gasteiger partial charge in [0, 0.05) is 0 Å². The van der Waals surface area contributed by atoms with E-state index < -0.39 is 0 Å². The Kier molecular flexibility index (Phi) is 2.04. The first-order chi connectivity index (χ1) is 6.48. The van der Waals surface area contributed by atoms with Crippen molar-refractivity contribution in [3.63, 3.8) is 0 Å². The van der Waals surface area contributed by atoms with Crippen LogP contribution in [0.25, 0.3) is 0 Å². The van der Waals surface area contributed by atoms with E-state index in [-0.39, 0.29) is 11.5 Å². The molecule has 76 valence electrons. The zero-order chi connectivity index (χ0) is 10.3. The molecule has 1 atom stereocenters. The first-order valence-electron chi connectivity index (χ1n) is 4.92. The van der Waals surface area contributed by atoms with Gasteiger partial charge in [-0.25, -0.2) is 0 Å². The molecule has 1 heterocycles. The van der Waals surface area contributed by atoms with E-state index in [0.29, 0.717) is 12.4 Å². The summed E-state index contributed by atoms with van der Waals surface area (Å²) in [7, 11) is 0. The predicted molar refractivity (Wildman–Crippen MR) is 55.1 cm³/mol. The molecule has 2 heteroatoms. The topological polar surface area (TPSA) is 29.5 Å². The van der Waals surface area contributed by atoms with Crippen LogP contribution in [-0.2, 0) is 11.3 Å². The van der Waals surface area contributed by atoms with Crippen LogP contribution in [0.5, 0.6) is 5.75 Å². The summed E-state index contributed by atoms with van der Waals surface area (Å²) in [5.74, 6) is 0.323. The predicted octanol–water partition coefficient (Wildman–Crippen LogP) is 3.01. The lowest BCUT2D eigenvalue weighted by atomic mass is 9.84. The Balaban J connectivity index is 2.43. The van der Waals surface area contributed by atoms with Crippen molar-refractivity contribution in [2.45, 2.75) is 33.5 Å². The van der Waals surface area contributed by atoms with Crippen LogP contribution < -0.4 is 0 Å². The van der Waals surface area contributed by atoms with Crippen LogP contribution in [0.1, 0.15) is 38.0 Å². The number of hydrogen-bond acceptors (Lipinski definition) is 2. The highest BCUT2D eigenvalue weighted by Crippen LogP contribution is 2.43. The third-order valence-corrected chi connectivity index (χ3v) is 2.60. The Morgan fingerprint density at radius 1 is 1.36 bits per heavy atom. The number of hydrogen-bond donors (Lipinski definition) is 1. The Labute approximate surface area is 84.5 Å². The van der Waals surface area contributed by atoms with Crippen LogP contribution >= 0.6 is 0 Å². The van der Waals surface area contributed by atoms with Gasteiger partial charge >= 0.3 is 0 Å². The Bertz CT molecular complexity index is 350. The molecule has 0 bridgehead atoms. The molecule has 0 aromatic heterocycles. The van der Waals surface area contributed by atoms with Crippen molar-refractivity contribution < 1.29 is 9.84 Å². The third kappa shape index (κ3) is 1.50. The van der Waals surface area contributed by atoms with Crippen LogP contribution in [0.2, 0.25) is 0 Å². The number of benzene rings is 1. The first-order valence-corrected chi connectivity index (χ1v) is 4.92. The third-order valence-electron chi connectivity index (χ3n) is 2.60. The lowest BCUT2D eigenvalue weighted by Crippen LogP contribution is -2.17. The van der Waals surface area contributed by atoms with E-state index in [9.17, 15) is 5.11 Å². The molecule has 0 saturated heterocycles. The van der Waals surface area contributed by atoms with E-state index in [1.54, 1.807) is 6.07 Å². The average Bonchev–Trinajstić information content (AvgIpc) is 2.45. The van der Waals surface area contributed by atoms with Crippen molar-refractivity contribution in [1.82, 2.24) is 0 Å². The van der Waals surface area contributed by atoms with Crippen molar-refractivity contribution in [3.8, 4) is 5.75 Å². The van der Waals surface area contributed by atoms with Gasteiger partial charge in [0.2, 0.25) is 0 Å². The number of ether oxygens (including phenoxy) is 1. The summed E-state index contributed by atoms with van der Waals surface area (Å²) >= 11 is 0. The van der Waals surface area contributed by atoms with Crippen LogP contribution in [0, 0.1) is 5.41 Å². The second-order valence-corrected chi connectivity index (χ2v) is 4.94. The van der Waals surface area contributed by atoms with E-state index in [1.165, 1.54) is 5.56 Å². The lowest BCUT2D eigenvalue weighted by Gasteiger charge is -2.26. The number of fused-ring (bicyclic) bond motifs is 1. The average molecular weight is 192 g/mol. The normalized spacial score (nSPS) is 20.9. The molecule has 0 saturated carbocycles. The lowest BCUT2D eigenvalue weighted by molar-refractivity contribution is -0.00794. The van der Waals surface area contributed by atoms with Crippen LogP contribution in [0.15, 0.2) is 18.2 Å². The van der Waals surface area contributed by atoms with Crippen LogP contribution in [0.4, 0.5) is 0 Å². The maximum Gasteiger partial charge on any atom is 0.115 e. The summed E-state index contributed by atoms with van der Waals surface area (Å²) in [5, 5.41) is 9.42. The molecule has 1 N–H and O–H groups in total. The maximum atomic E-state index is 9.42. The van der Waals surface area contributed by atoms with Gasteiger partial charge in [0.25, 0.3) is 0 Å². The molecule has 0 radical (unpaired) electrons. The largest absolute Gasteiger partial charge is 0.508 e. The van der Waals surface area contributed by atoms with Gasteiger partial charge in [-0.1, -0.05) is 26.8 Å². The molecule has 0 fully saturated rings. The highest BCUT2D eigenvalue weighted by molar-refractivity contribution is 5.38. The van der Waals surface area contributed by atoms with Gasteiger partial charge in [0.15, 0.2) is 0 Å². The van der Waals surface area contributed by atoms with E-state index >= 15 is 0 Å². The fourth-order valence-electron chi connectivity index (χ4n) is 1.94. The first kappa shape index (κ1) is 9.53. The number of phenols is 1. The minimum atomic E-state index is 0.0824. The summed E-state index contributed by atoms with van der Waals surface area (Å²) in [6.07, 6.45) is 0.101. The second kappa shape index (κ2) is 2.99. The quantitative estimate of drug-likeness (QED) is 0.684. The van der Waals surface area contributed by atoms with E-state index in [1.807, 2.05) is 12.1 Å². The van der Waals surface area contributed by atoms with Gasteiger partial charge in [-0.05, 0) is 28.7 Å². The zero-order valence-corrected chi connectivity index (χ0v) is 8.87. The molecule has 0 amide bonds. The molecule has 1 aromatic carbocycles. The minimum absolute atomic E-state index is 0.0824. The molecule has 1 aliphatic rings. The molecular formula is C12H16O2. The van der Waals surface area contributed by atoms with Gasteiger partial charge in [-0.15, -0.1) is 0 Å². The van der Waals surface area contributed by atoms with Crippen molar-refractivity contribution in [3.05, 3.63) is 29.3 Å². The molecular weight excluding hydrogens is 176 g/mol. The van der Waals surface area contributed by atoms with Gasteiger partial charge in [0.05, 0.1) is 12.7 Å². The molecule has 2 rings (SSSR count). The maximum absolute atomic E-state index is 9.42. The Hall–Kier alpha value is -1.02. The summed E-state index contributed by atoms with van der Waals surface area (Å²) in [6, 6.07) is 5.47. The number of aromatic hydroxyl groups is 1. The van der Waals surface area contributed by atoms with Crippen molar-refractivity contribution in [1.29, 1.82) is 0 Å². The standard InChI is InChI=1S/C12H16O2/c1-12(2,3)11-10-6-9(13)5-4-8(10)7-14-11/h4-6,11,13H,7H2,1-3H3. The number of rotatable bonds is 0. The van der Waals surface area contributed by atoms with Gasteiger partial charge in [0.1, 0.15) is 5.75 Å². The number of phenolic OH excluding ortho intramolecular Hbond substituents is 1. The monoisotopic (exact) mass is 192 g/mol. The highest BCUT2D eigenvalue weighted by atomic mass is 16.5. The van der Waals surface area contributed by atoms with Crippen molar-refractivity contribution in [2.24, 2.45) is 5.41 Å². The SMILES string of the molecule is CC(C)(C)C1OCc2ccc(O)cc21. The molecule has 1 unspecified atom stereocenters. The minimum Gasteiger partial charge on any atom is -0.508 e. The smallest absolute Gasteiger partial charge is 0.115 e. The fourth-order valence-corrected chi connectivity index (χ4v) is 1.94. The molecule has 1 aliphatic heterocycles. The summed E-state index contributed by atoms with van der Waals surface area (Å²) in [4.78, 5) is 0. The van der Waals surface area contributed by atoms with Gasteiger partial charge in [-0.2, -0.15) is 0 Å². The summed E-state index contributed by atoms with van der Waals surface area (Å²) in [5.41, 5.74) is 2.42. The molecule has 1 aromatic rings. The van der Waals surface area contributed by atoms with Gasteiger partial charge in [-0.3, -0.25) is 0 Å². The van der Waals surface area contributed by atoms with E-state index in [2.05, 4.69) is 20.8 Å². The zero-order valence-electron chi connectivity index (χ0n) is 8.87. The van der Waals surface area contributed by atoms with Crippen molar-refractivity contribution in [2.75, 3.05) is 0 Å². The molecule has 0 spiro atoms. The second-order valence-electron chi connectivity index (χ2n) is 4.94. The van der Waals surface area contributed by atoms with Gasteiger partial charge < -0.3 is 9.84 Å².